The zero-order valence-electron chi connectivity index (χ0n) is 11.8. The van der Waals surface area contributed by atoms with Crippen LogP contribution in [0.1, 0.15) is 30.2 Å². The first-order chi connectivity index (χ1) is 10.1. The summed E-state index contributed by atoms with van der Waals surface area (Å²) in [6.45, 7) is 3.59. The maximum atomic E-state index is 11.8. The van der Waals surface area contributed by atoms with Crippen LogP contribution in [0, 0.1) is 6.92 Å². The predicted molar refractivity (Wildman–Crippen MR) is 76.7 cm³/mol. The van der Waals surface area contributed by atoms with Gasteiger partial charge in [0, 0.05) is 5.02 Å². The number of nitrogens with zero attached hydrogens (tertiary/aromatic N) is 2. The van der Waals surface area contributed by atoms with Gasteiger partial charge in [-0.15, -0.1) is 0 Å². The number of hydrogen-bond acceptors (Lipinski definition) is 5. The Morgan fingerprint density at radius 2 is 2.24 bits per heavy atom. The summed E-state index contributed by atoms with van der Waals surface area (Å²) in [5.41, 5.74) is 0.861. The maximum absolute atomic E-state index is 11.8. The fraction of sp³-hybridized carbons (Fsp3) is 0.357. The first kappa shape index (κ1) is 15.5. The Bertz CT molecular complexity index is 615. The van der Waals surface area contributed by atoms with Crippen molar-refractivity contribution >= 4 is 17.5 Å². The van der Waals surface area contributed by atoms with Crippen LogP contribution in [0.2, 0.25) is 5.02 Å². The van der Waals surface area contributed by atoms with Gasteiger partial charge >= 0.3 is 0 Å². The van der Waals surface area contributed by atoms with Gasteiger partial charge in [0.25, 0.3) is 5.89 Å². The Morgan fingerprint density at radius 3 is 2.90 bits per heavy atom. The van der Waals surface area contributed by atoms with Crippen molar-refractivity contribution in [1.29, 1.82) is 0 Å². The zero-order chi connectivity index (χ0) is 15.2. The number of nitrogens with one attached hydrogen (secondary N) is 1. The molecule has 0 aliphatic heterocycles. The molecule has 2 aromatic rings. The minimum atomic E-state index is -0.237. The van der Waals surface area contributed by atoms with E-state index < -0.39 is 0 Å². The molecule has 0 radical (unpaired) electrons. The molecular weight excluding hydrogens is 294 g/mol. The highest BCUT2D eigenvalue weighted by Gasteiger charge is 2.12. The van der Waals surface area contributed by atoms with Gasteiger partial charge in [-0.1, -0.05) is 35.0 Å². The molecule has 1 aromatic carbocycles. The van der Waals surface area contributed by atoms with E-state index in [0.29, 0.717) is 16.7 Å². The molecule has 21 heavy (non-hydrogen) atoms. The van der Waals surface area contributed by atoms with Crippen LogP contribution in [-0.4, -0.2) is 22.7 Å². The van der Waals surface area contributed by atoms with E-state index in [0.717, 1.165) is 5.56 Å². The maximum Gasteiger partial charge on any atom is 0.252 e. The number of halogens is 1. The third kappa shape index (κ3) is 4.54. The van der Waals surface area contributed by atoms with Crippen LogP contribution in [0.15, 0.2) is 28.8 Å². The molecule has 7 heteroatoms. The van der Waals surface area contributed by atoms with Gasteiger partial charge < -0.3 is 14.6 Å². The van der Waals surface area contributed by atoms with Crippen LogP contribution < -0.4 is 5.32 Å². The van der Waals surface area contributed by atoms with E-state index in [-0.39, 0.29) is 25.2 Å². The summed E-state index contributed by atoms with van der Waals surface area (Å²) in [5, 5.41) is 7.06. The lowest BCUT2D eigenvalue weighted by atomic mass is 10.1. The van der Waals surface area contributed by atoms with Gasteiger partial charge in [0.2, 0.25) is 5.91 Å². The lowest BCUT2D eigenvalue weighted by Crippen LogP contribution is -2.30. The van der Waals surface area contributed by atoms with E-state index in [4.69, 9.17) is 20.9 Å². The number of amides is 1. The van der Waals surface area contributed by atoms with Crippen LogP contribution in [0.5, 0.6) is 0 Å². The van der Waals surface area contributed by atoms with Crippen LogP contribution >= 0.6 is 11.6 Å². The molecular formula is C14H16ClN3O3. The van der Waals surface area contributed by atoms with E-state index in [2.05, 4.69) is 15.5 Å². The van der Waals surface area contributed by atoms with Gasteiger partial charge in [0.1, 0.15) is 13.2 Å². The molecule has 0 aliphatic carbocycles. The number of carbonyl (C=O) groups excluding carboxylic acids is 1. The van der Waals surface area contributed by atoms with Crippen molar-refractivity contribution in [1.82, 2.24) is 15.5 Å². The quantitative estimate of drug-likeness (QED) is 0.886. The standard InChI is InChI=1S/C14H16ClN3O3/c1-9(11-5-3-4-6-12(11)15)16-13(19)7-20-8-14-17-10(2)18-21-14/h3-6,9H,7-8H2,1-2H3,(H,16,19)/t9-/m0/s1. The van der Waals surface area contributed by atoms with E-state index in [1.165, 1.54) is 0 Å². The molecule has 6 nitrogen and oxygen atoms in total. The molecule has 0 fully saturated rings. The number of aromatic nitrogens is 2. The number of carbonyl (C=O) groups is 1. The third-order valence-electron chi connectivity index (χ3n) is 2.78. The highest BCUT2D eigenvalue weighted by molar-refractivity contribution is 6.31. The fourth-order valence-electron chi connectivity index (χ4n) is 1.82. The van der Waals surface area contributed by atoms with Gasteiger partial charge in [0.15, 0.2) is 5.82 Å². The minimum absolute atomic E-state index is 0.0871. The molecule has 1 heterocycles. The molecule has 1 amide bonds. The second-order valence-corrected chi connectivity index (χ2v) is 4.95. The smallest absolute Gasteiger partial charge is 0.252 e. The van der Waals surface area contributed by atoms with Crippen molar-refractivity contribution in [3.63, 3.8) is 0 Å². The highest BCUT2D eigenvalue weighted by atomic mass is 35.5. The number of aryl methyl sites for hydroxylation is 1. The Morgan fingerprint density at radius 1 is 1.48 bits per heavy atom. The Kier molecular flexibility index (Phi) is 5.30. The molecule has 0 aliphatic rings. The molecule has 1 N–H and O–H groups in total. The normalized spacial score (nSPS) is 12.1. The Balaban J connectivity index is 1.78. The minimum Gasteiger partial charge on any atom is -0.362 e. The van der Waals surface area contributed by atoms with Crippen molar-refractivity contribution < 1.29 is 14.1 Å². The first-order valence-corrected chi connectivity index (χ1v) is 6.85. The van der Waals surface area contributed by atoms with Crippen LogP contribution in [0.3, 0.4) is 0 Å². The summed E-state index contributed by atoms with van der Waals surface area (Å²) in [6, 6.07) is 7.18. The molecule has 2 rings (SSSR count). The van der Waals surface area contributed by atoms with E-state index in [9.17, 15) is 4.79 Å². The van der Waals surface area contributed by atoms with E-state index in [1.807, 2.05) is 25.1 Å². The number of ether oxygens (including phenoxy) is 1. The monoisotopic (exact) mass is 309 g/mol. The van der Waals surface area contributed by atoms with E-state index >= 15 is 0 Å². The van der Waals surface area contributed by atoms with Crippen LogP contribution in [0.25, 0.3) is 0 Å². The summed E-state index contributed by atoms with van der Waals surface area (Å²) in [5.74, 6) is 0.642. The van der Waals surface area contributed by atoms with Crippen molar-refractivity contribution in [2.24, 2.45) is 0 Å². The van der Waals surface area contributed by atoms with Crippen molar-refractivity contribution in [3.05, 3.63) is 46.6 Å². The molecule has 112 valence electrons. The van der Waals surface area contributed by atoms with Gasteiger partial charge in [0.05, 0.1) is 6.04 Å². The summed E-state index contributed by atoms with van der Waals surface area (Å²) in [6.07, 6.45) is 0. The first-order valence-electron chi connectivity index (χ1n) is 6.47. The Hall–Kier alpha value is -1.92. The number of rotatable bonds is 6. The molecule has 1 atom stereocenters. The Labute approximate surface area is 127 Å². The van der Waals surface area contributed by atoms with Crippen molar-refractivity contribution in [2.45, 2.75) is 26.5 Å². The molecule has 0 bridgehead atoms. The lowest BCUT2D eigenvalue weighted by Gasteiger charge is -2.15. The van der Waals surface area contributed by atoms with Gasteiger partial charge in [-0.3, -0.25) is 4.79 Å². The van der Waals surface area contributed by atoms with Crippen molar-refractivity contribution in [3.8, 4) is 0 Å². The highest BCUT2D eigenvalue weighted by Crippen LogP contribution is 2.21. The number of benzene rings is 1. The largest absolute Gasteiger partial charge is 0.362 e. The molecule has 1 aromatic heterocycles. The van der Waals surface area contributed by atoms with Gasteiger partial charge in [-0.2, -0.15) is 4.98 Å². The SMILES string of the molecule is Cc1noc(COCC(=O)N[C@@H](C)c2ccccc2Cl)n1. The lowest BCUT2D eigenvalue weighted by molar-refractivity contribution is -0.127. The topological polar surface area (TPSA) is 77.2 Å². The average Bonchev–Trinajstić information content (AvgIpc) is 2.84. The summed E-state index contributed by atoms with van der Waals surface area (Å²) in [4.78, 5) is 15.8. The van der Waals surface area contributed by atoms with E-state index in [1.54, 1.807) is 13.0 Å². The summed E-state index contributed by atoms with van der Waals surface area (Å²) < 4.78 is 10.1. The number of hydrogen-bond donors (Lipinski definition) is 1. The van der Waals surface area contributed by atoms with Gasteiger partial charge in [-0.05, 0) is 25.5 Å². The molecule has 0 unspecified atom stereocenters. The second kappa shape index (κ2) is 7.19. The van der Waals surface area contributed by atoms with Crippen molar-refractivity contribution in [2.75, 3.05) is 6.61 Å². The molecule has 0 saturated carbocycles. The molecule has 0 spiro atoms. The fourth-order valence-corrected chi connectivity index (χ4v) is 2.12. The second-order valence-electron chi connectivity index (χ2n) is 4.54. The molecule has 0 saturated heterocycles. The zero-order valence-corrected chi connectivity index (χ0v) is 12.6. The third-order valence-corrected chi connectivity index (χ3v) is 3.12. The van der Waals surface area contributed by atoms with Crippen LogP contribution in [-0.2, 0) is 16.1 Å². The van der Waals surface area contributed by atoms with Crippen LogP contribution in [0.4, 0.5) is 0 Å². The summed E-state index contributed by atoms with van der Waals surface area (Å²) >= 11 is 6.08. The predicted octanol–water partition coefficient (Wildman–Crippen LogP) is 2.43. The van der Waals surface area contributed by atoms with Gasteiger partial charge in [-0.25, -0.2) is 0 Å². The summed E-state index contributed by atoms with van der Waals surface area (Å²) in [7, 11) is 0. The average molecular weight is 310 g/mol.